The highest BCUT2D eigenvalue weighted by atomic mass is 16.8. The van der Waals surface area contributed by atoms with Crippen LogP contribution in [0, 0.1) is 0 Å². The van der Waals surface area contributed by atoms with Gasteiger partial charge in [0.25, 0.3) is 5.79 Å². The molecule has 0 radical (unpaired) electrons. The number of carbonyl (C=O) groups excluding carboxylic acids is 2. The summed E-state index contributed by atoms with van der Waals surface area (Å²) < 4.78 is 34.7. The Kier molecular flexibility index (Phi) is 42.1. The molecule has 14 N–H and O–H groups in total. The highest BCUT2D eigenvalue weighted by molar-refractivity contribution is 5.77. The van der Waals surface area contributed by atoms with Gasteiger partial charge in [-0.1, -0.05) is 219 Å². The summed E-state index contributed by atoms with van der Waals surface area (Å²) in [7, 11) is 0. The van der Waals surface area contributed by atoms with Gasteiger partial charge in [0.05, 0.1) is 50.7 Å². The number of carbonyl (C=O) groups is 3. The number of amides is 2. The van der Waals surface area contributed by atoms with Crippen LogP contribution < -0.4 is 10.6 Å². The van der Waals surface area contributed by atoms with E-state index in [0.717, 1.165) is 51.9 Å². The Hall–Kier alpha value is -2.53. The molecule has 0 aromatic rings. The molecule has 0 aliphatic carbocycles. The molecule has 3 heterocycles. The lowest BCUT2D eigenvalue weighted by Crippen LogP contribution is -2.70. The standard InChI is InChI=1S/C65H120N2O21/c1-4-6-8-10-12-14-16-18-19-20-21-22-23-24-25-27-29-31-33-35-37-39-52(75)67-46(47(72)38-36-34-32-30-28-26-17-15-13-11-9-7-5-2)44-83-62-57(79)56(78)59(51(43-70)85-62)86-63-58(80)61(55(77)50(42-69)84-63)88-65(64(81)82)40-48(73)53(66-45(3)71)60(87-65)54(76)49(74)41-68/h36,38,46-51,53-63,68-70,72-74,76-80H,4-35,37,39-44H2,1-3H3,(H,66,71)(H,67,75)(H,81,82)/b38-36+/t46-,47+,48?,49+,50?,51?,53+,54+,55-,56+,57?,58?,59+,60?,61-,62+,63-,65-/m0/s1. The Morgan fingerprint density at radius 2 is 1.06 bits per heavy atom. The summed E-state index contributed by atoms with van der Waals surface area (Å²) in [6.45, 7) is 2.13. The van der Waals surface area contributed by atoms with E-state index in [1.807, 2.05) is 6.08 Å². The first-order valence-electron chi connectivity index (χ1n) is 34.1. The van der Waals surface area contributed by atoms with Crippen LogP contribution in [0.1, 0.15) is 245 Å². The highest BCUT2D eigenvalue weighted by Gasteiger charge is 2.60. The number of aliphatic carboxylic acids is 1. The summed E-state index contributed by atoms with van der Waals surface area (Å²) in [6.07, 6.45) is 14.1. The van der Waals surface area contributed by atoms with Crippen LogP contribution in [0.15, 0.2) is 12.2 Å². The molecule has 88 heavy (non-hydrogen) atoms. The Labute approximate surface area is 524 Å². The minimum absolute atomic E-state index is 0.205. The van der Waals surface area contributed by atoms with Gasteiger partial charge in [0.2, 0.25) is 11.8 Å². The van der Waals surface area contributed by atoms with Crippen LogP contribution in [0.3, 0.4) is 0 Å². The van der Waals surface area contributed by atoms with Crippen LogP contribution in [0.4, 0.5) is 0 Å². The van der Waals surface area contributed by atoms with E-state index in [-0.39, 0.29) is 12.3 Å². The monoisotopic (exact) mass is 1260 g/mol. The molecule has 6 unspecified atom stereocenters. The lowest BCUT2D eigenvalue weighted by atomic mass is 9.88. The molecule has 23 nitrogen and oxygen atoms in total. The molecule has 3 aliphatic heterocycles. The summed E-state index contributed by atoms with van der Waals surface area (Å²) in [6, 6.07) is -2.61. The van der Waals surface area contributed by atoms with Crippen LogP contribution in [0.5, 0.6) is 0 Å². The number of unbranched alkanes of at least 4 members (excludes halogenated alkanes) is 31. The molecular formula is C65H120N2O21. The predicted molar refractivity (Wildman–Crippen MR) is 329 cm³/mol. The summed E-state index contributed by atoms with van der Waals surface area (Å²) in [5.41, 5.74) is 0. The molecule has 3 aliphatic rings. The number of ether oxygens (including phenoxy) is 6. The highest BCUT2D eigenvalue weighted by Crippen LogP contribution is 2.39. The number of carboxylic acid groups (broad SMARTS) is 1. The zero-order chi connectivity index (χ0) is 64.7. The van der Waals surface area contributed by atoms with Gasteiger partial charge in [-0.3, -0.25) is 9.59 Å². The van der Waals surface area contributed by atoms with E-state index in [1.54, 1.807) is 6.08 Å². The minimum atomic E-state index is -3.08. The number of aliphatic hydroxyl groups excluding tert-OH is 11. The Bertz CT molecular complexity index is 1840. The number of aliphatic hydroxyl groups is 11. The molecular weight excluding hydrogens is 1140 g/mol. The zero-order valence-electron chi connectivity index (χ0n) is 53.6. The molecule has 0 aromatic carbocycles. The number of rotatable bonds is 51. The molecule has 0 spiro atoms. The Balaban J connectivity index is 1.59. The largest absolute Gasteiger partial charge is 0.477 e. The van der Waals surface area contributed by atoms with Crippen molar-refractivity contribution in [3.05, 3.63) is 12.2 Å². The maximum absolute atomic E-state index is 13.4. The van der Waals surface area contributed by atoms with E-state index < -0.39 is 155 Å². The molecule has 18 atom stereocenters. The third kappa shape index (κ3) is 29.2. The first-order valence-corrected chi connectivity index (χ1v) is 34.1. The van der Waals surface area contributed by atoms with Crippen LogP contribution in [0.25, 0.3) is 0 Å². The van der Waals surface area contributed by atoms with Crippen molar-refractivity contribution in [2.45, 2.75) is 355 Å². The Morgan fingerprint density at radius 1 is 0.591 bits per heavy atom. The van der Waals surface area contributed by atoms with Crippen molar-refractivity contribution in [3.63, 3.8) is 0 Å². The van der Waals surface area contributed by atoms with Crippen molar-refractivity contribution >= 4 is 17.8 Å². The van der Waals surface area contributed by atoms with Crippen LogP contribution in [-0.2, 0) is 42.8 Å². The number of hydrogen-bond donors (Lipinski definition) is 14. The Morgan fingerprint density at radius 3 is 1.51 bits per heavy atom. The SMILES string of the molecule is CCCCCCCCCCCCC/C=C/[C@@H](O)[C@H](CO[C@@H]1OC(CO)[C@@H](O[C@@H]2OC(CO)[C@H](O)[C@H](O[C@]3(C(=O)O)CC(O)[C@@H](NC(C)=O)C([C@H](O)[C@H](O)CO)O3)C2O)[C@H](O)C1O)NC(=O)CCCCCCCCCCCCCCCCCCCCCCC. The second kappa shape index (κ2) is 46.5. The van der Waals surface area contributed by atoms with Crippen molar-refractivity contribution in [2.75, 3.05) is 26.4 Å². The fraction of sp³-hybridized carbons (Fsp3) is 0.923. The summed E-state index contributed by atoms with van der Waals surface area (Å²) in [5, 5.41) is 136. The van der Waals surface area contributed by atoms with Crippen LogP contribution in [-0.4, -0.2) is 215 Å². The van der Waals surface area contributed by atoms with Gasteiger partial charge in [-0.05, 0) is 19.3 Å². The summed E-state index contributed by atoms with van der Waals surface area (Å²) >= 11 is 0. The third-order valence-corrected chi connectivity index (χ3v) is 17.5. The van der Waals surface area contributed by atoms with Gasteiger partial charge < -0.3 is 100 Å². The molecule has 2 amide bonds. The van der Waals surface area contributed by atoms with E-state index in [2.05, 4.69) is 24.5 Å². The normalized spacial score (nSPS) is 29.0. The van der Waals surface area contributed by atoms with Crippen LogP contribution in [0.2, 0.25) is 0 Å². The van der Waals surface area contributed by atoms with Crippen LogP contribution >= 0.6 is 0 Å². The topological polar surface area (TPSA) is 373 Å². The van der Waals surface area contributed by atoms with Gasteiger partial charge in [-0.2, -0.15) is 0 Å². The van der Waals surface area contributed by atoms with Crippen molar-refractivity contribution in [2.24, 2.45) is 0 Å². The number of nitrogens with one attached hydrogen (secondary N) is 2. The molecule has 0 bridgehead atoms. The van der Waals surface area contributed by atoms with E-state index in [0.29, 0.717) is 12.8 Å². The quantitative estimate of drug-likeness (QED) is 0.0264. The average Bonchev–Trinajstić information content (AvgIpc) is 0.829. The zero-order valence-corrected chi connectivity index (χ0v) is 53.6. The summed E-state index contributed by atoms with van der Waals surface area (Å²) in [5.74, 6) is -6.14. The van der Waals surface area contributed by atoms with Crippen molar-refractivity contribution in [3.8, 4) is 0 Å². The second-order valence-corrected chi connectivity index (χ2v) is 25.0. The predicted octanol–water partition coefficient (Wildman–Crippen LogP) is 5.51. The minimum Gasteiger partial charge on any atom is -0.477 e. The maximum Gasteiger partial charge on any atom is 0.364 e. The van der Waals surface area contributed by atoms with E-state index in [4.69, 9.17) is 28.4 Å². The molecule has 23 heteroatoms. The second-order valence-electron chi connectivity index (χ2n) is 25.0. The molecule has 3 saturated heterocycles. The van der Waals surface area contributed by atoms with E-state index in [9.17, 15) is 75.7 Å². The smallest absolute Gasteiger partial charge is 0.364 e. The number of hydrogen-bond acceptors (Lipinski definition) is 20. The first kappa shape index (κ1) is 79.7. The van der Waals surface area contributed by atoms with Gasteiger partial charge in [-0.25, -0.2) is 4.79 Å². The van der Waals surface area contributed by atoms with Gasteiger partial charge in [0.1, 0.15) is 67.1 Å². The number of carboxylic acids is 1. The van der Waals surface area contributed by atoms with Gasteiger partial charge in [0.15, 0.2) is 12.6 Å². The molecule has 3 fully saturated rings. The van der Waals surface area contributed by atoms with Gasteiger partial charge in [-0.15, -0.1) is 0 Å². The molecule has 0 aromatic heterocycles. The van der Waals surface area contributed by atoms with Gasteiger partial charge in [0, 0.05) is 19.8 Å². The van der Waals surface area contributed by atoms with E-state index in [1.165, 1.54) is 154 Å². The van der Waals surface area contributed by atoms with E-state index >= 15 is 0 Å². The first-order chi connectivity index (χ1) is 42.4. The fourth-order valence-electron chi connectivity index (χ4n) is 12.0. The number of allylic oxidation sites excluding steroid dienone is 1. The molecule has 0 saturated carbocycles. The van der Waals surface area contributed by atoms with Crippen molar-refractivity contribution in [1.29, 1.82) is 0 Å². The average molecular weight is 1270 g/mol. The lowest BCUT2D eigenvalue weighted by Gasteiger charge is -2.50. The van der Waals surface area contributed by atoms with Gasteiger partial charge >= 0.3 is 5.97 Å². The van der Waals surface area contributed by atoms with Crippen molar-refractivity contribution in [1.82, 2.24) is 10.6 Å². The fourth-order valence-corrected chi connectivity index (χ4v) is 12.0. The summed E-state index contributed by atoms with van der Waals surface area (Å²) in [4.78, 5) is 38.5. The van der Waals surface area contributed by atoms with Crippen molar-refractivity contribution < 1.29 is 104 Å². The lowest BCUT2D eigenvalue weighted by molar-refractivity contribution is -0.386. The molecule has 516 valence electrons. The maximum atomic E-state index is 13.4. The third-order valence-electron chi connectivity index (χ3n) is 17.5. The molecule has 3 rings (SSSR count).